The van der Waals surface area contributed by atoms with E-state index in [-0.39, 0.29) is 18.2 Å². The molecule has 0 spiro atoms. The van der Waals surface area contributed by atoms with Crippen LogP contribution in [0, 0.1) is 0 Å². The van der Waals surface area contributed by atoms with Gasteiger partial charge in [0.2, 0.25) is 0 Å². The normalized spacial score (nSPS) is 14.3. The second-order valence-corrected chi connectivity index (χ2v) is 6.14. The van der Waals surface area contributed by atoms with Crippen LogP contribution in [0.2, 0.25) is 0 Å². The number of nitrogens with zero attached hydrogens (tertiary/aromatic N) is 2. The number of rotatable bonds is 4. The fourth-order valence-corrected chi connectivity index (χ4v) is 3.62. The van der Waals surface area contributed by atoms with Gasteiger partial charge >= 0.3 is 5.97 Å². The summed E-state index contributed by atoms with van der Waals surface area (Å²) in [6, 6.07) is 0. The first-order valence-electron chi connectivity index (χ1n) is 7.03. The van der Waals surface area contributed by atoms with Crippen molar-refractivity contribution in [2.75, 3.05) is 44.4 Å². The van der Waals surface area contributed by atoms with Crippen molar-refractivity contribution in [2.24, 2.45) is 0 Å². The lowest BCUT2D eigenvalue weighted by atomic mass is 10.2. The highest BCUT2D eigenvalue weighted by Gasteiger charge is 2.30. The molecule has 1 aliphatic heterocycles. The van der Waals surface area contributed by atoms with Crippen molar-refractivity contribution in [1.29, 1.82) is 0 Å². The number of anilines is 2. The third-order valence-electron chi connectivity index (χ3n) is 3.40. The molecule has 2 heterocycles. The molecular weight excluding hydrogens is 290 g/mol. The Balaban J connectivity index is 2.48. The maximum atomic E-state index is 12.2. The first-order valence-corrected chi connectivity index (χ1v) is 7.85. The predicted octanol–water partition coefficient (Wildman–Crippen LogP) is 1.81. The molecule has 0 aliphatic carbocycles. The van der Waals surface area contributed by atoms with E-state index in [4.69, 9.17) is 10.5 Å². The predicted molar refractivity (Wildman–Crippen MR) is 84.2 cm³/mol. The first kappa shape index (κ1) is 15.6. The zero-order chi connectivity index (χ0) is 15.6. The highest BCUT2D eigenvalue weighted by Crippen LogP contribution is 2.40. The van der Waals surface area contributed by atoms with Crippen molar-refractivity contribution in [3.63, 3.8) is 0 Å². The lowest BCUT2D eigenvalue weighted by Gasteiger charge is -2.16. The monoisotopic (exact) mass is 311 g/mol. The highest BCUT2D eigenvalue weighted by molar-refractivity contribution is 7.19. The molecule has 1 aromatic rings. The van der Waals surface area contributed by atoms with E-state index < -0.39 is 5.97 Å². The zero-order valence-corrected chi connectivity index (χ0v) is 13.5. The summed E-state index contributed by atoms with van der Waals surface area (Å²) in [5, 5.41) is 0.758. The second-order valence-electron chi connectivity index (χ2n) is 5.14. The summed E-state index contributed by atoms with van der Waals surface area (Å²) in [6.45, 7) is 3.79. The van der Waals surface area contributed by atoms with Gasteiger partial charge in [0.15, 0.2) is 0 Å². The quantitative estimate of drug-likeness (QED) is 0.858. The van der Waals surface area contributed by atoms with Gasteiger partial charge in [0.05, 0.1) is 12.3 Å². The van der Waals surface area contributed by atoms with Gasteiger partial charge in [-0.1, -0.05) is 0 Å². The number of nitrogen functional groups attached to an aromatic ring is 1. The summed E-state index contributed by atoms with van der Waals surface area (Å²) in [4.78, 5) is 28.4. The Morgan fingerprint density at radius 3 is 2.48 bits per heavy atom. The van der Waals surface area contributed by atoms with Gasteiger partial charge in [-0.3, -0.25) is 4.79 Å². The second kappa shape index (κ2) is 6.34. The number of hydrogen-bond donors (Lipinski definition) is 1. The molecule has 0 radical (unpaired) electrons. The van der Waals surface area contributed by atoms with Crippen molar-refractivity contribution in [2.45, 2.75) is 19.8 Å². The van der Waals surface area contributed by atoms with Crippen LogP contribution in [0.25, 0.3) is 0 Å². The number of hydrogen-bond acceptors (Lipinski definition) is 6. The van der Waals surface area contributed by atoms with Crippen LogP contribution in [0.1, 0.15) is 39.8 Å². The summed E-state index contributed by atoms with van der Waals surface area (Å²) >= 11 is 1.28. The minimum Gasteiger partial charge on any atom is -0.462 e. The van der Waals surface area contributed by atoms with E-state index >= 15 is 0 Å². The van der Waals surface area contributed by atoms with Crippen molar-refractivity contribution in [1.82, 2.24) is 4.90 Å². The minimum absolute atomic E-state index is 0.187. The number of amides is 1. The van der Waals surface area contributed by atoms with Gasteiger partial charge in [-0.05, 0) is 19.8 Å². The molecule has 1 aromatic heterocycles. The van der Waals surface area contributed by atoms with Crippen LogP contribution in [0.3, 0.4) is 0 Å². The summed E-state index contributed by atoms with van der Waals surface area (Å²) < 4.78 is 5.10. The Morgan fingerprint density at radius 1 is 1.33 bits per heavy atom. The average Bonchev–Trinajstić information content (AvgIpc) is 3.05. The van der Waals surface area contributed by atoms with E-state index in [0.717, 1.165) is 30.9 Å². The molecule has 116 valence electrons. The van der Waals surface area contributed by atoms with E-state index in [1.807, 2.05) is 0 Å². The summed E-state index contributed by atoms with van der Waals surface area (Å²) in [5.74, 6) is -0.639. The van der Waals surface area contributed by atoms with Crippen LogP contribution in [0.15, 0.2) is 0 Å². The Kier molecular flexibility index (Phi) is 4.72. The maximum Gasteiger partial charge on any atom is 0.343 e. The average molecular weight is 311 g/mol. The summed E-state index contributed by atoms with van der Waals surface area (Å²) in [5.41, 5.74) is 6.65. The largest absolute Gasteiger partial charge is 0.462 e. The van der Waals surface area contributed by atoms with Gasteiger partial charge in [0.1, 0.15) is 15.4 Å². The van der Waals surface area contributed by atoms with Gasteiger partial charge in [-0.15, -0.1) is 11.3 Å². The number of esters is 1. The third-order valence-corrected chi connectivity index (χ3v) is 4.65. The smallest absolute Gasteiger partial charge is 0.343 e. The fraction of sp³-hybridized carbons (Fsp3) is 0.571. The number of ether oxygens (including phenoxy) is 1. The van der Waals surface area contributed by atoms with Crippen molar-refractivity contribution in [3.8, 4) is 0 Å². The van der Waals surface area contributed by atoms with Gasteiger partial charge in [-0.2, -0.15) is 0 Å². The summed E-state index contributed by atoms with van der Waals surface area (Å²) in [6.07, 6.45) is 2.16. The van der Waals surface area contributed by atoms with Crippen LogP contribution in [0.5, 0.6) is 0 Å². The lowest BCUT2D eigenvalue weighted by Crippen LogP contribution is -2.22. The van der Waals surface area contributed by atoms with E-state index in [1.165, 1.54) is 16.2 Å². The maximum absolute atomic E-state index is 12.2. The molecule has 7 heteroatoms. The lowest BCUT2D eigenvalue weighted by molar-refractivity contribution is 0.0529. The molecule has 2 rings (SSSR count). The Labute approximate surface area is 128 Å². The Bertz CT molecular complexity index is 548. The molecule has 0 bridgehead atoms. The minimum atomic E-state index is -0.453. The summed E-state index contributed by atoms with van der Waals surface area (Å²) in [7, 11) is 3.34. The van der Waals surface area contributed by atoms with E-state index in [1.54, 1.807) is 21.0 Å². The van der Waals surface area contributed by atoms with Crippen molar-refractivity contribution >= 4 is 33.9 Å². The SMILES string of the molecule is CCOC(=O)c1c(N2CCCC2)sc(C(=O)N(C)C)c1N. The molecule has 2 N–H and O–H groups in total. The van der Waals surface area contributed by atoms with Crippen molar-refractivity contribution < 1.29 is 14.3 Å². The molecule has 1 amide bonds. The van der Waals surface area contributed by atoms with Gasteiger partial charge in [-0.25, -0.2) is 4.79 Å². The molecular formula is C14H21N3O3S. The van der Waals surface area contributed by atoms with Crippen molar-refractivity contribution in [3.05, 3.63) is 10.4 Å². The number of thiophene rings is 1. The molecule has 0 unspecified atom stereocenters. The number of carbonyl (C=O) groups excluding carboxylic acids is 2. The topological polar surface area (TPSA) is 75.9 Å². The van der Waals surface area contributed by atoms with Gasteiger partial charge < -0.3 is 20.3 Å². The first-order chi connectivity index (χ1) is 9.97. The molecule has 1 fully saturated rings. The van der Waals surface area contributed by atoms with Gasteiger partial charge in [0.25, 0.3) is 5.91 Å². The molecule has 6 nitrogen and oxygen atoms in total. The Morgan fingerprint density at radius 2 is 1.95 bits per heavy atom. The van der Waals surface area contributed by atoms with Crippen LogP contribution in [0.4, 0.5) is 10.7 Å². The highest BCUT2D eigenvalue weighted by atomic mass is 32.1. The molecule has 0 saturated carbocycles. The molecule has 0 aromatic carbocycles. The van der Waals surface area contributed by atoms with Gasteiger partial charge in [0, 0.05) is 27.2 Å². The molecule has 0 atom stereocenters. The van der Waals surface area contributed by atoms with Crippen LogP contribution < -0.4 is 10.6 Å². The fourth-order valence-electron chi connectivity index (χ4n) is 2.34. The van der Waals surface area contributed by atoms with Crippen LogP contribution in [-0.2, 0) is 4.74 Å². The van der Waals surface area contributed by atoms with E-state index in [2.05, 4.69) is 4.90 Å². The van der Waals surface area contributed by atoms with E-state index in [0.29, 0.717) is 10.4 Å². The van der Waals surface area contributed by atoms with Crippen LogP contribution in [-0.4, -0.2) is 50.6 Å². The molecule has 21 heavy (non-hydrogen) atoms. The third kappa shape index (κ3) is 2.97. The van der Waals surface area contributed by atoms with E-state index in [9.17, 15) is 9.59 Å². The van der Waals surface area contributed by atoms with Crippen LogP contribution >= 0.6 is 11.3 Å². The molecule has 1 saturated heterocycles. The Hall–Kier alpha value is -1.76. The molecule has 1 aliphatic rings. The number of nitrogens with two attached hydrogens (primary N) is 1. The standard InChI is InChI=1S/C14H21N3O3S/c1-4-20-14(19)9-10(15)11(12(18)16(2)3)21-13(9)17-7-5-6-8-17/h4-8,15H2,1-3H3. The zero-order valence-electron chi connectivity index (χ0n) is 12.6. The number of carbonyl (C=O) groups is 2.